The summed E-state index contributed by atoms with van der Waals surface area (Å²) in [4.78, 5) is 0.987. The van der Waals surface area contributed by atoms with Gasteiger partial charge in [-0.25, -0.2) is 0 Å². The minimum Gasteiger partial charge on any atom is -0.355 e. The largest absolute Gasteiger partial charge is 0.355 e. The molecular weight excluding hydrogens is 285 g/mol. The number of nitrogens with zero attached hydrogens (tertiary/aromatic N) is 1. The molecule has 0 aliphatic carbocycles. The van der Waals surface area contributed by atoms with Crippen LogP contribution in [0.1, 0.15) is 19.5 Å². The predicted octanol–water partition coefficient (Wildman–Crippen LogP) is 4.17. The second-order valence-electron chi connectivity index (χ2n) is 3.76. The van der Waals surface area contributed by atoms with Crippen molar-refractivity contribution in [3.63, 3.8) is 0 Å². The van der Waals surface area contributed by atoms with Crippen LogP contribution in [0.3, 0.4) is 0 Å². The Morgan fingerprint density at radius 3 is 2.68 bits per heavy atom. The lowest BCUT2D eigenvalue weighted by Gasteiger charge is -2.15. The highest BCUT2D eigenvalue weighted by Crippen LogP contribution is 2.51. The van der Waals surface area contributed by atoms with E-state index in [9.17, 15) is 4.57 Å². The van der Waals surface area contributed by atoms with Crippen molar-refractivity contribution < 1.29 is 18.1 Å². The second-order valence-corrected chi connectivity index (χ2v) is 6.77. The smallest absolute Gasteiger partial charge is 0.336 e. The van der Waals surface area contributed by atoms with E-state index in [0.717, 1.165) is 4.88 Å². The maximum atomic E-state index is 12.4. The van der Waals surface area contributed by atoms with Gasteiger partial charge in [0.05, 0.1) is 29.9 Å². The fourth-order valence-electron chi connectivity index (χ4n) is 1.64. The second kappa shape index (κ2) is 6.48. The monoisotopic (exact) mass is 301 g/mol. The van der Waals surface area contributed by atoms with Crippen molar-refractivity contribution in [3.05, 3.63) is 29.3 Å². The first-order valence-corrected chi connectivity index (χ1v) is 8.65. The van der Waals surface area contributed by atoms with Gasteiger partial charge in [-0.1, -0.05) is 11.2 Å². The van der Waals surface area contributed by atoms with E-state index in [4.69, 9.17) is 13.6 Å². The van der Waals surface area contributed by atoms with Crippen LogP contribution in [0.25, 0.3) is 10.6 Å². The fraction of sp³-hybridized carbons (Fsp3) is 0.417. The molecule has 5 nitrogen and oxygen atoms in total. The van der Waals surface area contributed by atoms with Crippen molar-refractivity contribution in [2.75, 3.05) is 13.2 Å². The van der Waals surface area contributed by atoms with Gasteiger partial charge in [0.25, 0.3) is 0 Å². The Hall–Kier alpha value is -0.940. The third-order valence-electron chi connectivity index (χ3n) is 2.33. The lowest BCUT2D eigenvalue weighted by atomic mass is 10.3. The minimum absolute atomic E-state index is 0.129. The standard InChI is InChI=1S/C12H16NO4PS/c1-3-15-18(14,16-4-2)9-10-8-11(17-13-10)12-6-5-7-19-12/h5-8H,3-4,9H2,1-2H3. The maximum absolute atomic E-state index is 12.4. The molecule has 0 saturated carbocycles. The Kier molecular flexibility index (Phi) is 4.93. The molecule has 0 atom stereocenters. The van der Waals surface area contributed by atoms with Crippen LogP contribution in [-0.2, 0) is 19.8 Å². The van der Waals surface area contributed by atoms with E-state index in [2.05, 4.69) is 5.16 Å². The van der Waals surface area contributed by atoms with Gasteiger partial charge in [0.1, 0.15) is 0 Å². The van der Waals surface area contributed by atoms with Crippen LogP contribution < -0.4 is 0 Å². The topological polar surface area (TPSA) is 61.6 Å². The summed E-state index contributed by atoms with van der Waals surface area (Å²) >= 11 is 1.56. The molecule has 2 aromatic rings. The highest BCUT2D eigenvalue weighted by atomic mass is 32.1. The average molecular weight is 301 g/mol. The number of aromatic nitrogens is 1. The fourth-order valence-corrected chi connectivity index (χ4v) is 3.90. The molecule has 0 aliphatic heterocycles. The number of hydrogen-bond donors (Lipinski definition) is 0. The Labute approximate surface area is 116 Å². The molecular formula is C12H16NO4PS. The molecule has 0 saturated heterocycles. The van der Waals surface area contributed by atoms with E-state index in [0.29, 0.717) is 24.7 Å². The third kappa shape index (κ3) is 3.76. The number of thiophene rings is 1. The summed E-state index contributed by atoms with van der Waals surface area (Å²) in [5, 5.41) is 5.88. The van der Waals surface area contributed by atoms with Crippen LogP contribution in [-0.4, -0.2) is 18.4 Å². The van der Waals surface area contributed by atoms with Crippen LogP contribution in [0, 0.1) is 0 Å². The van der Waals surface area contributed by atoms with E-state index in [1.54, 1.807) is 31.3 Å². The average Bonchev–Trinajstić information content (AvgIpc) is 2.98. The molecule has 0 aliphatic rings. The summed E-state index contributed by atoms with van der Waals surface area (Å²) < 4.78 is 28.1. The SMILES string of the molecule is CCOP(=O)(Cc1cc(-c2cccs2)on1)OCC. The quantitative estimate of drug-likeness (QED) is 0.718. The van der Waals surface area contributed by atoms with Crippen molar-refractivity contribution in [1.82, 2.24) is 5.16 Å². The van der Waals surface area contributed by atoms with Crippen molar-refractivity contribution in [1.29, 1.82) is 0 Å². The molecule has 2 rings (SSSR count). The van der Waals surface area contributed by atoms with Gasteiger partial charge in [-0.3, -0.25) is 4.57 Å². The number of hydrogen-bond acceptors (Lipinski definition) is 6. The zero-order valence-electron chi connectivity index (χ0n) is 10.9. The maximum Gasteiger partial charge on any atom is 0.336 e. The van der Waals surface area contributed by atoms with Crippen molar-refractivity contribution in [2.24, 2.45) is 0 Å². The molecule has 2 aromatic heterocycles. The summed E-state index contributed by atoms with van der Waals surface area (Å²) in [6, 6.07) is 5.66. The first-order valence-electron chi connectivity index (χ1n) is 6.04. The van der Waals surface area contributed by atoms with Gasteiger partial charge in [0.2, 0.25) is 0 Å². The molecule has 19 heavy (non-hydrogen) atoms. The van der Waals surface area contributed by atoms with Gasteiger partial charge in [-0.05, 0) is 25.3 Å². The Balaban J connectivity index is 2.12. The molecule has 0 bridgehead atoms. The van der Waals surface area contributed by atoms with Gasteiger partial charge >= 0.3 is 7.60 Å². The van der Waals surface area contributed by atoms with Crippen molar-refractivity contribution >= 4 is 18.9 Å². The van der Waals surface area contributed by atoms with Gasteiger partial charge in [-0.15, -0.1) is 11.3 Å². The van der Waals surface area contributed by atoms with Crippen LogP contribution in [0.4, 0.5) is 0 Å². The van der Waals surface area contributed by atoms with Crippen LogP contribution in [0.15, 0.2) is 28.1 Å². The lowest BCUT2D eigenvalue weighted by Crippen LogP contribution is -1.99. The molecule has 0 unspecified atom stereocenters. The van der Waals surface area contributed by atoms with Crippen molar-refractivity contribution in [3.8, 4) is 10.6 Å². The van der Waals surface area contributed by atoms with E-state index < -0.39 is 7.60 Å². The van der Waals surface area contributed by atoms with E-state index in [1.807, 2.05) is 17.5 Å². The first kappa shape index (κ1) is 14.5. The molecule has 0 spiro atoms. The molecule has 0 radical (unpaired) electrons. The van der Waals surface area contributed by atoms with E-state index >= 15 is 0 Å². The molecule has 0 N–H and O–H groups in total. The van der Waals surface area contributed by atoms with Gasteiger partial charge in [-0.2, -0.15) is 0 Å². The van der Waals surface area contributed by atoms with Crippen LogP contribution >= 0.6 is 18.9 Å². The summed E-state index contributed by atoms with van der Waals surface area (Å²) in [6.07, 6.45) is 0.129. The molecule has 104 valence electrons. The summed E-state index contributed by atoms with van der Waals surface area (Å²) in [5.74, 6) is 0.671. The molecule has 2 heterocycles. The Morgan fingerprint density at radius 1 is 1.37 bits per heavy atom. The van der Waals surface area contributed by atoms with Gasteiger partial charge in [0.15, 0.2) is 5.76 Å². The summed E-state index contributed by atoms with van der Waals surface area (Å²) in [6.45, 7) is 4.25. The summed E-state index contributed by atoms with van der Waals surface area (Å²) in [7, 11) is -3.12. The van der Waals surface area contributed by atoms with Crippen LogP contribution in [0.2, 0.25) is 0 Å². The number of rotatable bonds is 7. The Bertz CT molecular complexity index is 542. The lowest BCUT2D eigenvalue weighted by molar-refractivity contribution is 0.218. The highest BCUT2D eigenvalue weighted by Gasteiger charge is 2.26. The normalized spacial score (nSPS) is 11.9. The zero-order valence-corrected chi connectivity index (χ0v) is 12.6. The predicted molar refractivity (Wildman–Crippen MR) is 74.4 cm³/mol. The molecule has 0 fully saturated rings. The van der Waals surface area contributed by atoms with Gasteiger partial charge in [0, 0.05) is 6.07 Å². The minimum atomic E-state index is -3.12. The van der Waals surface area contributed by atoms with E-state index in [1.165, 1.54) is 0 Å². The molecule has 0 aromatic carbocycles. The highest BCUT2D eigenvalue weighted by molar-refractivity contribution is 7.53. The zero-order chi connectivity index (χ0) is 13.7. The van der Waals surface area contributed by atoms with E-state index in [-0.39, 0.29) is 6.16 Å². The Morgan fingerprint density at radius 2 is 2.11 bits per heavy atom. The molecule has 0 amide bonds. The summed E-state index contributed by atoms with van der Waals surface area (Å²) in [5.41, 5.74) is 0.577. The van der Waals surface area contributed by atoms with Crippen molar-refractivity contribution in [2.45, 2.75) is 20.0 Å². The first-order chi connectivity index (χ1) is 9.17. The van der Waals surface area contributed by atoms with Gasteiger partial charge < -0.3 is 13.6 Å². The molecule has 7 heteroatoms. The third-order valence-corrected chi connectivity index (χ3v) is 5.23. The van der Waals surface area contributed by atoms with Crippen LogP contribution in [0.5, 0.6) is 0 Å².